The summed E-state index contributed by atoms with van der Waals surface area (Å²) in [7, 11) is 1.66. The number of oxazole rings is 1. The summed E-state index contributed by atoms with van der Waals surface area (Å²) in [6.45, 7) is 2.50. The van der Waals surface area contributed by atoms with Gasteiger partial charge in [0.05, 0.1) is 25.2 Å². The zero-order valence-electron chi connectivity index (χ0n) is 16.7. The van der Waals surface area contributed by atoms with Crippen molar-refractivity contribution in [1.82, 2.24) is 19.9 Å². The maximum absolute atomic E-state index is 13.0. The number of ether oxygens (including phenoxy) is 1. The van der Waals surface area contributed by atoms with Gasteiger partial charge in [-0.2, -0.15) is 0 Å². The number of benzene rings is 1. The quantitative estimate of drug-likeness (QED) is 0.658. The number of piperidine rings is 1. The lowest BCUT2D eigenvalue weighted by atomic mass is 10.0. The number of hydrogen-bond acceptors (Lipinski definition) is 6. The van der Waals surface area contributed by atoms with E-state index in [4.69, 9.17) is 9.15 Å². The minimum Gasteiger partial charge on any atom is -0.496 e. The molecule has 29 heavy (non-hydrogen) atoms. The third-order valence-corrected chi connectivity index (χ3v) is 5.18. The van der Waals surface area contributed by atoms with Crippen molar-refractivity contribution < 1.29 is 13.9 Å². The molecule has 0 spiro atoms. The van der Waals surface area contributed by atoms with E-state index in [2.05, 4.69) is 15.0 Å². The third kappa shape index (κ3) is 4.13. The lowest BCUT2D eigenvalue weighted by molar-refractivity contribution is 0.0563. The fourth-order valence-electron chi connectivity index (χ4n) is 3.68. The number of methoxy groups -OCH3 is 1. The second-order valence-electron chi connectivity index (χ2n) is 7.21. The van der Waals surface area contributed by atoms with Gasteiger partial charge in [-0.1, -0.05) is 18.2 Å². The SMILES string of the molecule is COc1ccccc1Cc1cnc([C@H]2CCCCN2C(=O)c2cnc(C)cn2)o1. The Hall–Kier alpha value is -3.22. The molecule has 0 saturated carbocycles. The first-order chi connectivity index (χ1) is 14.2. The van der Waals surface area contributed by atoms with Gasteiger partial charge in [0.15, 0.2) is 0 Å². The molecule has 1 saturated heterocycles. The van der Waals surface area contributed by atoms with Crippen molar-refractivity contribution in [2.75, 3.05) is 13.7 Å². The van der Waals surface area contributed by atoms with E-state index in [1.807, 2.05) is 36.1 Å². The average molecular weight is 392 g/mol. The van der Waals surface area contributed by atoms with E-state index in [9.17, 15) is 4.79 Å². The lowest BCUT2D eigenvalue weighted by Crippen LogP contribution is -2.39. The molecule has 0 unspecified atom stereocenters. The molecule has 0 aliphatic carbocycles. The first-order valence-electron chi connectivity index (χ1n) is 9.82. The zero-order chi connectivity index (χ0) is 20.2. The van der Waals surface area contributed by atoms with Crippen LogP contribution in [0.4, 0.5) is 0 Å². The molecule has 1 aliphatic heterocycles. The molecule has 2 aromatic heterocycles. The van der Waals surface area contributed by atoms with E-state index in [-0.39, 0.29) is 11.9 Å². The molecule has 4 rings (SSSR count). The lowest BCUT2D eigenvalue weighted by Gasteiger charge is -2.33. The molecule has 0 N–H and O–H groups in total. The van der Waals surface area contributed by atoms with Crippen molar-refractivity contribution in [2.24, 2.45) is 0 Å². The Kier molecular flexibility index (Phi) is 5.55. The molecule has 0 radical (unpaired) electrons. The Labute approximate surface area is 169 Å². The zero-order valence-corrected chi connectivity index (χ0v) is 16.7. The fourth-order valence-corrected chi connectivity index (χ4v) is 3.68. The molecule has 150 valence electrons. The number of rotatable bonds is 5. The molecule has 7 heteroatoms. The normalized spacial score (nSPS) is 16.6. The van der Waals surface area contributed by atoms with Crippen LogP contribution >= 0.6 is 0 Å². The first-order valence-corrected chi connectivity index (χ1v) is 9.82. The second kappa shape index (κ2) is 8.43. The van der Waals surface area contributed by atoms with Gasteiger partial charge in [-0.15, -0.1) is 0 Å². The highest BCUT2D eigenvalue weighted by Crippen LogP contribution is 2.32. The van der Waals surface area contributed by atoms with Crippen LogP contribution in [0.15, 0.2) is 47.3 Å². The molecule has 7 nitrogen and oxygen atoms in total. The predicted octanol–water partition coefficient (Wildman–Crippen LogP) is 3.74. The van der Waals surface area contributed by atoms with Gasteiger partial charge in [-0.25, -0.2) is 9.97 Å². The van der Waals surface area contributed by atoms with Crippen LogP contribution in [0.3, 0.4) is 0 Å². The van der Waals surface area contributed by atoms with E-state index in [1.54, 1.807) is 19.5 Å². The van der Waals surface area contributed by atoms with Gasteiger partial charge in [0, 0.05) is 24.7 Å². The number of carbonyl (C=O) groups is 1. The third-order valence-electron chi connectivity index (χ3n) is 5.18. The summed E-state index contributed by atoms with van der Waals surface area (Å²) >= 11 is 0. The van der Waals surface area contributed by atoms with Gasteiger partial charge < -0.3 is 14.1 Å². The first kappa shape index (κ1) is 19.1. The van der Waals surface area contributed by atoms with Crippen molar-refractivity contribution >= 4 is 5.91 Å². The second-order valence-corrected chi connectivity index (χ2v) is 7.21. The van der Waals surface area contributed by atoms with E-state index >= 15 is 0 Å². The summed E-state index contributed by atoms with van der Waals surface area (Å²) in [5.74, 6) is 2.00. The average Bonchev–Trinajstić information content (AvgIpc) is 3.22. The smallest absolute Gasteiger partial charge is 0.274 e. The highest BCUT2D eigenvalue weighted by Gasteiger charge is 2.32. The van der Waals surface area contributed by atoms with E-state index in [0.29, 0.717) is 24.6 Å². The van der Waals surface area contributed by atoms with E-state index < -0.39 is 0 Å². The van der Waals surface area contributed by atoms with Crippen LogP contribution in [0.5, 0.6) is 5.75 Å². The molecule has 0 bridgehead atoms. The molecule has 3 aromatic rings. The van der Waals surface area contributed by atoms with Crippen LogP contribution < -0.4 is 4.74 Å². The van der Waals surface area contributed by atoms with Crippen LogP contribution in [-0.4, -0.2) is 39.4 Å². The highest BCUT2D eigenvalue weighted by atomic mass is 16.5. The summed E-state index contributed by atoms with van der Waals surface area (Å²) < 4.78 is 11.5. The van der Waals surface area contributed by atoms with E-state index in [0.717, 1.165) is 42.0 Å². The van der Waals surface area contributed by atoms with Crippen molar-refractivity contribution in [2.45, 2.75) is 38.6 Å². The van der Waals surface area contributed by atoms with Crippen LogP contribution in [0.2, 0.25) is 0 Å². The molecule has 1 atom stereocenters. The molecular formula is C22H24N4O3. The molecule has 1 aliphatic rings. The van der Waals surface area contributed by atoms with Crippen LogP contribution in [-0.2, 0) is 6.42 Å². The number of para-hydroxylation sites is 1. The Bertz CT molecular complexity index is 984. The van der Waals surface area contributed by atoms with Gasteiger partial charge in [-0.05, 0) is 32.3 Å². The molecule has 3 heterocycles. The summed E-state index contributed by atoms with van der Waals surface area (Å²) in [6, 6.07) is 7.66. The Morgan fingerprint density at radius 1 is 1.17 bits per heavy atom. The van der Waals surface area contributed by atoms with Crippen molar-refractivity contribution in [3.05, 3.63) is 71.5 Å². The predicted molar refractivity (Wildman–Crippen MR) is 107 cm³/mol. The van der Waals surface area contributed by atoms with Crippen molar-refractivity contribution in [3.8, 4) is 5.75 Å². The molecule has 1 fully saturated rings. The maximum Gasteiger partial charge on any atom is 0.274 e. The maximum atomic E-state index is 13.0. The standard InChI is InChI=1S/C22H24N4O3/c1-15-12-24-18(14-23-15)22(27)26-10-6-5-8-19(26)21-25-13-17(29-21)11-16-7-3-4-9-20(16)28-2/h3-4,7,9,12-14,19H,5-6,8,10-11H2,1-2H3/t19-/m1/s1. The van der Waals surface area contributed by atoms with Gasteiger partial charge in [-0.3, -0.25) is 9.78 Å². The number of carbonyl (C=O) groups excluding carboxylic acids is 1. The number of hydrogen-bond donors (Lipinski definition) is 0. The monoisotopic (exact) mass is 392 g/mol. The number of aromatic nitrogens is 3. The molecular weight excluding hydrogens is 368 g/mol. The van der Waals surface area contributed by atoms with Gasteiger partial charge >= 0.3 is 0 Å². The van der Waals surface area contributed by atoms with Crippen LogP contribution in [0, 0.1) is 6.92 Å². The Balaban J connectivity index is 1.55. The number of likely N-dealkylation sites (tertiary alicyclic amines) is 1. The van der Waals surface area contributed by atoms with E-state index in [1.165, 1.54) is 6.20 Å². The van der Waals surface area contributed by atoms with Crippen molar-refractivity contribution in [1.29, 1.82) is 0 Å². The largest absolute Gasteiger partial charge is 0.496 e. The van der Waals surface area contributed by atoms with Gasteiger partial charge in [0.1, 0.15) is 23.2 Å². The van der Waals surface area contributed by atoms with Gasteiger partial charge in [0.2, 0.25) is 5.89 Å². The number of amides is 1. The summed E-state index contributed by atoms with van der Waals surface area (Å²) in [4.78, 5) is 27.8. The summed E-state index contributed by atoms with van der Waals surface area (Å²) in [5, 5.41) is 0. The number of nitrogens with zero attached hydrogens (tertiary/aromatic N) is 4. The van der Waals surface area contributed by atoms with Crippen LogP contribution in [0.1, 0.15) is 58.7 Å². The number of aryl methyl sites for hydroxylation is 1. The van der Waals surface area contributed by atoms with Crippen molar-refractivity contribution in [3.63, 3.8) is 0 Å². The Morgan fingerprint density at radius 2 is 2.03 bits per heavy atom. The summed E-state index contributed by atoms with van der Waals surface area (Å²) in [6.07, 6.45) is 8.27. The molecule has 1 aromatic carbocycles. The van der Waals surface area contributed by atoms with Crippen LogP contribution in [0.25, 0.3) is 0 Å². The summed E-state index contributed by atoms with van der Waals surface area (Å²) in [5.41, 5.74) is 2.16. The minimum atomic E-state index is -0.189. The fraction of sp³-hybridized carbons (Fsp3) is 0.364. The minimum absolute atomic E-state index is 0.133. The topological polar surface area (TPSA) is 81.4 Å². The highest BCUT2D eigenvalue weighted by molar-refractivity contribution is 5.92. The molecule has 1 amide bonds. The van der Waals surface area contributed by atoms with Gasteiger partial charge in [0.25, 0.3) is 5.91 Å². The Morgan fingerprint density at radius 3 is 2.83 bits per heavy atom.